The summed E-state index contributed by atoms with van der Waals surface area (Å²) in [5.74, 6) is 0.583. The Kier molecular flexibility index (Phi) is 5.19. The van der Waals surface area contributed by atoms with Crippen LogP contribution in [0.4, 0.5) is 0 Å². The molecule has 0 aromatic rings. The van der Waals surface area contributed by atoms with Crippen LogP contribution >= 0.6 is 0 Å². The Hall–Kier alpha value is -1.10. The van der Waals surface area contributed by atoms with Gasteiger partial charge in [-0.1, -0.05) is 0 Å². The molecule has 0 unspecified atom stereocenters. The Morgan fingerprint density at radius 2 is 1.68 bits per heavy atom. The first kappa shape index (κ1) is 14.3. The van der Waals surface area contributed by atoms with Gasteiger partial charge in [0.2, 0.25) is 11.8 Å². The number of hydrogen-bond donors (Lipinski definition) is 1. The smallest absolute Gasteiger partial charge is 0.233 e. The van der Waals surface area contributed by atoms with Crippen molar-refractivity contribution in [1.29, 1.82) is 0 Å². The van der Waals surface area contributed by atoms with Gasteiger partial charge >= 0.3 is 0 Å². The summed E-state index contributed by atoms with van der Waals surface area (Å²) in [4.78, 5) is 27.9. The normalized spacial score (nSPS) is 22.3. The van der Waals surface area contributed by atoms with Crippen molar-refractivity contribution in [3.63, 3.8) is 0 Å². The maximum Gasteiger partial charge on any atom is 0.233 e. The highest BCUT2D eigenvalue weighted by Gasteiger charge is 2.29. The van der Waals surface area contributed by atoms with Crippen LogP contribution < -0.4 is 5.32 Å². The second kappa shape index (κ2) is 6.89. The van der Waals surface area contributed by atoms with Crippen molar-refractivity contribution in [2.45, 2.75) is 32.1 Å². The Morgan fingerprint density at radius 1 is 1.05 bits per heavy atom. The predicted octanol–water partition coefficient (Wildman–Crippen LogP) is 0.457. The molecule has 1 N–H and O–H groups in total. The van der Waals surface area contributed by atoms with Crippen molar-refractivity contribution in [3.05, 3.63) is 0 Å². The standard InChI is InChI=1S/C14H25N3O2/c1-15-13(18)11-16-9-5-12(6-10-16)14(19)17-7-3-2-4-8-17/h12H,2-11H2,1H3,(H,15,18). The molecule has 2 aliphatic heterocycles. The number of nitrogens with one attached hydrogen (secondary N) is 1. The summed E-state index contributed by atoms with van der Waals surface area (Å²) in [6.45, 7) is 4.06. The van der Waals surface area contributed by atoms with E-state index in [0.717, 1.165) is 51.9 Å². The molecular formula is C14H25N3O2. The van der Waals surface area contributed by atoms with Gasteiger partial charge < -0.3 is 10.2 Å². The molecule has 2 fully saturated rings. The fourth-order valence-corrected chi connectivity index (χ4v) is 2.99. The highest BCUT2D eigenvalue weighted by atomic mass is 16.2. The van der Waals surface area contributed by atoms with Gasteiger partial charge in [-0.2, -0.15) is 0 Å². The number of amides is 2. The van der Waals surface area contributed by atoms with Crippen LogP contribution in [0.5, 0.6) is 0 Å². The number of likely N-dealkylation sites (tertiary alicyclic amines) is 2. The van der Waals surface area contributed by atoms with Gasteiger partial charge in [0.15, 0.2) is 0 Å². The molecule has 2 aliphatic rings. The zero-order valence-electron chi connectivity index (χ0n) is 11.9. The SMILES string of the molecule is CNC(=O)CN1CCC(C(=O)N2CCCCC2)CC1. The molecule has 0 bridgehead atoms. The minimum atomic E-state index is 0.0563. The van der Waals surface area contributed by atoms with E-state index in [4.69, 9.17) is 0 Å². The van der Waals surface area contributed by atoms with Crippen molar-refractivity contribution in [2.75, 3.05) is 39.8 Å². The van der Waals surface area contributed by atoms with Crippen molar-refractivity contribution in [1.82, 2.24) is 15.1 Å². The van der Waals surface area contributed by atoms with Gasteiger partial charge in [-0.25, -0.2) is 0 Å². The zero-order valence-corrected chi connectivity index (χ0v) is 11.9. The Bertz CT molecular complexity index is 319. The Morgan fingerprint density at radius 3 is 2.26 bits per heavy atom. The summed E-state index contributed by atoms with van der Waals surface area (Å²) in [7, 11) is 1.66. The number of piperidine rings is 2. The van der Waals surface area contributed by atoms with E-state index >= 15 is 0 Å². The van der Waals surface area contributed by atoms with Crippen LogP contribution in [0.25, 0.3) is 0 Å². The van der Waals surface area contributed by atoms with E-state index < -0.39 is 0 Å². The van der Waals surface area contributed by atoms with E-state index in [1.807, 2.05) is 4.90 Å². The van der Waals surface area contributed by atoms with Gasteiger partial charge in [0.25, 0.3) is 0 Å². The lowest BCUT2D eigenvalue weighted by molar-refractivity contribution is -0.138. The summed E-state index contributed by atoms with van der Waals surface area (Å²) in [6, 6.07) is 0. The molecule has 5 nitrogen and oxygen atoms in total. The van der Waals surface area contributed by atoms with Crippen molar-refractivity contribution >= 4 is 11.8 Å². The predicted molar refractivity (Wildman–Crippen MR) is 73.7 cm³/mol. The van der Waals surface area contributed by atoms with E-state index in [2.05, 4.69) is 10.2 Å². The quantitative estimate of drug-likeness (QED) is 0.808. The van der Waals surface area contributed by atoms with Gasteiger partial charge in [0, 0.05) is 26.1 Å². The van der Waals surface area contributed by atoms with Gasteiger partial charge in [0.05, 0.1) is 6.54 Å². The lowest BCUT2D eigenvalue weighted by atomic mass is 9.94. The zero-order chi connectivity index (χ0) is 13.7. The fourth-order valence-electron chi connectivity index (χ4n) is 2.99. The molecule has 0 aromatic heterocycles. The van der Waals surface area contributed by atoms with Crippen LogP contribution in [0.3, 0.4) is 0 Å². The first-order valence-electron chi connectivity index (χ1n) is 7.42. The average Bonchev–Trinajstić information content (AvgIpc) is 2.48. The summed E-state index contributed by atoms with van der Waals surface area (Å²) < 4.78 is 0. The van der Waals surface area contributed by atoms with Crippen molar-refractivity contribution < 1.29 is 9.59 Å². The third kappa shape index (κ3) is 3.93. The van der Waals surface area contributed by atoms with Crippen molar-refractivity contribution in [3.8, 4) is 0 Å². The molecule has 0 radical (unpaired) electrons. The van der Waals surface area contributed by atoms with Crippen LogP contribution in [0.1, 0.15) is 32.1 Å². The number of hydrogen-bond acceptors (Lipinski definition) is 3. The second-order valence-electron chi connectivity index (χ2n) is 5.61. The van der Waals surface area contributed by atoms with Gasteiger partial charge in [-0.05, 0) is 45.2 Å². The number of rotatable bonds is 3. The highest BCUT2D eigenvalue weighted by Crippen LogP contribution is 2.21. The minimum Gasteiger partial charge on any atom is -0.358 e. The summed E-state index contributed by atoms with van der Waals surface area (Å²) >= 11 is 0. The van der Waals surface area contributed by atoms with E-state index in [1.54, 1.807) is 7.05 Å². The van der Waals surface area contributed by atoms with Gasteiger partial charge in [0.1, 0.15) is 0 Å². The topological polar surface area (TPSA) is 52.7 Å². The third-order valence-electron chi connectivity index (χ3n) is 4.25. The van der Waals surface area contributed by atoms with Crippen LogP contribution in [-0.2, 0) is 9.59 Å². The molecule has 2 heterocycles. The van der Waals surface area contributed by atoms with Crippen molar-refractivity contribution in [2.24, 2.45) is 5.92 Å². The molecule has 0 atom stereocenters. The maximum atomic E-state index is 12.4. The molecule has 2 amide bonds. The lowest BCUT2D eigenvalue weighted by Gasteiger charge is -2.35. The lowest BCUT2D eigenvalue weighted by Crippen LogP contribution is -2.46. The largest absolute Gasteiger partial charge is 0.358 e. The Labute approximate surface area is 115 Å². The molecule has 0 spiro atoms. The molecule has 0 aromatic carbocycles. The fraction of sp³-hybridized carbons (Fsp3) is 0.857. The van der Waals surface area contributed by atoms with Crippen LogP contribution in [-0.4, -0.2) is 61.4 Å². The average molecular weight is 267 g/mol. The molecule has 0 aliphatic carbocycles. The number of carbonyl (C=O) groups excluding carboxylic acids is 2. The van der Waals surface area contributed by atoms with E-state index in [0.29, 0.717) is 12.5 Å². The highest BCUT2D eigenvalue weighted by molar-refractivity contribution is 5.79. The van der Waals surface area contributed by atoms with Crippen LogP contribution in [0.2, 0.25) is 0 Å². The summed E-state index contributed by atoms with van der Waals surface area (Å²) in [5.41, 5.74) is 0. The Balaban J connectivity index is 1.76. The van der Waals surface area contributed by atoms with E-state index in [9.17, 15) is 9.59 Å². The first-order chi connectivity index (χ1) is 9.20. The number of likely N-dealkylation sites (N-methyl/N-ethyl adjacent to an activating group) is 1. The molecule has 19 heavy (non-hydrogen) atoms. The van der Waals surface area contributed by atoms with Gasteiger partial charge in [-0.3, -0.25) is 14.5 Å². The summed E-state index contributed by atoms with van der Waals surface area (Å²) in [6.07, 6.45) is 5.36. The molecule has 0 saturated carbocycles. The maximum absolute atomic E-state index is 12.4. The number of carbonyl (C=O) groups is 2. The van der Waals surface area contributed by atoms with E-state index in [-0.39, 0.29) is 11.8 Å². The first-order valence-corrected chi connectivity index (χ1v) is 7.42. The van der Waals surface area contributed by atoms with Crippen LogP contribution in [0, 0.1) is 5.92 Å². The molecule has 2 saturated heterocycles. The summed E-state index contributed by atoms with van der Waals surface area (Å²) in [5, 5.41) is 2.64. The molecule has 5 heteroatoms. The number of nitrogens with zero attached hydrogens (tertiary/aromatic N) is 2. The monoisotopic (exact) mass is 267 g/mol. The minimum absolute atomic E-state index is 0.0563. The molecule has 2 rings (SSSR count). The molecular weight excluding hydrogens is 242 g/mol. The molecule has 108 valence electrons. The van der Waals surface area contributed by atoms with E-state index in [1.165, 1.54) is 6.42 Å². The second-order valence-corrected chi connectivity index (χ2v) is 5.61. The van der Waals surface area contributed by atoms with Gasteiger partial charge in [-0.15, -0.1) is 0 Å². The third-order valence-corrected chi connectivity index (χ3v) is 4.25. The van der Waals surface area contributed by atoms with Crippen LogP contribution in [0.15, 0.2) is 0 Å².